The van der Waals surface area contributed by atoms with Crippen LogP contribution in [0, 0.1) is 11.7 Å². The number of halogens is 2. The van der Waals surface area contributed by atoms with Crippen LogP contribution < -0.4 is 0 Å². The van der Waals surface area contributed by atoms with Gasteiger partial charge in [-0.05, 0) is 48.5 Å². The van der Waals surface area contributed by atoms with Gasteiger partial charge in [0.2, 0.25) is 0 Å². The van der Waals surface area contributed by atoms with Crippen LogP contribution in [-0.4, -0.2) is 8.11 Å². The first-order chi connectivity index (χ1) is 7.74. The number of rotatable bonds is 3. The van der Waals surface area contributed by atoms with Gasteiger partial charge in [-0.3, -0.25) is 0 Å². The van der Waals surface area contributed by atoms with E-state index in [1.807, 2.05) is 12.1 Å². The van der Waals surface area contributed by atoms with Crippen molar-refractivity contribution in [1.82, 2.24) is 0 Å². The maximum absolute atomic E-state index is 12.7. The fourth-order valence-electron chi connectivity index (χ4n) is 2.43. The first-order valence-corrected chi connectivity index (χ1v) is 9.50. The van der Waals surface area contributed by atoms with Crippen molar-refractivity contribution in [2.45, 2.75) is 37.8 Å². The molecule has 16 heavy (non-hydrogen) atoms. The molecular weight excluding hydrogens is 239 g/mol. The van der Waals surface area contributed by atoms with Crippen molar-refractivity contribution in [2.24, 2.45) is 5.92 Å². The molecule has 2 rings (SSSR count). The Morgan fingerprint density at radius 2 is 1.81 bits per heavy atom. The average Bonchev–Trinajstić information content (AvgIpc) is 2.30. The van der Waals surface area contributed by atoms with Gasteiger partial charge in [0.15, 0.2) is 0 Å². The average molecular weight is 257 g/mol. The molecule has 0 nitrogen and oxygen atoms in total. The topological polar surface area (TPSA) is 0 Å². The summed E-state index contributed by atoms with van der Waals surface area (Å²) in [5.41, 5.74) is 1.26. The van der Waals surface area contributed by atoms with Crippen molar-refractivity contribution in [3.63, 3.8) is 0 Å². The Morgan fingerprint density at radius 1 is 1.19 bits per heavy atom. The molecule has 1 heterocycles. The van der Waals surface area contributed by atoms with E-state index in [1.54, 1.807) is 12.1 Å². The van der Waals surface area contributed by atoms with E-state index in [2.05, 4.69) is 0 Å². The molecule has 1 saturated heterocycles. The molecule has 0 atom stereocenters. The zero-order valence-corrected chi connectivity index (χ0v) is 11.4. The molecule has 0 bridgehead atoms. The minimum atomic E-state index is -0.816. The molecule has 3 heteroatoms. The second-order valence-electron chi connectivity index (χ2n) is 4.78. The van der Waals surface area contributed by atoms with Crippen LogP contribution in [0.1, 0.15) is 24.8 Å². The lowest BCUT2D eigenvalue weighted by Gasteiger charge is -2.23. The van der Waals surface area contributed by atoms with Crippen molar-refractivity contribution >= 4 is 19.2 Å². The highest BCUT2D eigenvalue weighted by Crippen LogP contribution is 2.30. The lowest BCUT2D eigenvalue weighted by molar-refractivity contribution is 0.440. The fraction of sp³-hybridized carbons (Fsp3) is 0.538. The molecule has 0 unspecified atom stereocenters. The zero-order chi connectivity index (χ0) is 11.4. The van der Waals surface area contributed by atoms with Gasteiger partial charge in [-0.25, -0.2) is 4.39 Å². The minimum absolute atomic E-state index is 0.141. The van der Waals surface area contributed by atoms with E-state index in [0.717, 1.165) is 12.3 Å². The maximum Gasteiger partial charge on any atom is 0.141 e. The lowest BCUT2D eigenvalue weighted by Crippen LogP contribution is -2.16. The van der Waals surface area contributed by atoms with E-state index < -0.39 is 8.11 Å². The smallest absolute Gasteiger partial charge is 0.141 e. The Labute approximate surface area is 103 Å². The molecule has 0 saturated carbocycles. The highest BCUT2D eigenvalue weighted by atomic mass is 35.6. The van der Waals surface area contributed by atoms with Gasteiger partial charge in [0.1, 0.15) is 13.9 Å². The highest BCUT2D eigenvalue weighted by molar-refractivity contribution is 7.07. The molecule has 88 valence electrons. The summed E-state index contributed by atoms with van der Waals surface area (Å²) < 4.78 is 12.7. The van der Waals surface area contributed by atoms with Crippen molar-refractivity contribution in [1.29, 1.82) is 0 Å². The molecule has 1 aliphatic heterocycles. The van der Waals surface area contributed by atoms with E-state index in [4.69, 9.17) is 11.1 Å². The third-order valence-electron chi connectivity index (χ3n) is 3.53. The molecule has 1 fully saturated rings. The van der Waals surface area contributed by atoms with Crippen LogP contribution in [0.2, 0.25) is 12.1 Å². The van der Waals surface area contributed by atoms with Crippen LogP contribution in [0.4, 0.5) is 4.39 Å². The number of benzene rings is 1. The summed E-state index contributed by atoms with van der Waals surface area (Å²) >= 11 is 6.21. The van der Waals surface area contributed by atoms with Crippen LogP contribution >= 0.6 is 11.1 Å². The van der Waals surface area contributed by atoms with Crippen LogP contribution in [0.3, 0.4) is 0 Å². The van der Waals surface area contributed by atoms with Gasteiger partial charge in [-0.15, -0.1) is 0 Å². The van der Waals surface area contributed by atoms with Crippen LogP contribution in [-0.2, 0) is 6.42 Å². The van der Waals surface area contributed by atoms with Crippen molar-refractivity contribution in [3.05, 3.63) is 35.6 Å². The van der Waals surface area contributed by atoms with E-state index in [1.165, 1.54) is 36.9 Å². The lowest BCUT2D eigenvalue weighted by atomic mass is 9.94. The Hall–Kier alpha value is -0.343. The predicted octanol–water partition coefficient (Wildman–Crippen LogP) is 4.13. The first kappa shape index (κ1) is 12.1. The summed E-state index contributed by atoms with van der Waals surface area (Å²) in [7, 11) is -0.816. The zero-order valence-electron chi connectivity index (χ0n) is 9.46. The molecule has 0 radical (unpaired) electrons. The molecule has 0 N–H and O–H groups in total. The second kappa shape index (κ2) is 5.83. The summed E-state index contributed by atoms with van der Waals surface area (Å²) in [6, 6.07) is 9.51. The molecule has 0 aromatic heterocycles. The maximum atomic E-state index is 12.7. The number of hydrogen-bond acceptors (Lipinski definition) is 0. The van der Waals surface area contributed by atoms with E-state index in [0.29, 0.717) is 0 Å². The van der Waals surface area contributed by atoms with Gasteiger partial charge in [0.05, 0.1) is 0 Å². The summed E-state index contributed by atoms with van der Waals surface area (Å²) in [5.74, 6) is 0.713. The second-order valence-corrected chi connectivity index (χ2v) is 8.98. The van der Waals surface area contributed by atoms with Gasteiger partial charge < -0.3 is 0 Å². The summed E-state index contributed by atoms with van der Waals surface area (Å²) in [4.78, 5) is 0. The van der Waals surface area contributed by atoms with Crippen molar-refractivity contribution < 1.29 is 4.39 Å². The standard InChI is InChI=1S/C13H18ClFSi/c14-16-9-7-12(8-10-16)2-1-11-3-5-13(15)6-4-11/h3-6,12,16H,1-2,7-10H2. The van der Waals surface area contributed by atoms with Crippen LogP contribution in [0.25, 0.3) is 0 Å². The van der Waals surface area contributed by atoms with Gasteiger partial charge >= 0.3 is 0 Å². The largest absolute Gasteiger partial charge is 0.207 e. The predicted molar refractivity (Wildman–Crippen MR) is 70.1 cm³/mol. The van der Waals surface area contributed by atoms with Gasteiger partial charge in [0.25, 0.3) is 0 Å². The molecule has 1 aliphatic rings. The quantitative estimate of drug-likeness (QED) is 0.564. The van der Waals surface area contributed by atoms with E-state index in [9.17, 15) is 4.39 Å². The minimum Gasteiger partial charge on any atom is -0.207 e. The van der Waals surface area contributed by atoms with Crippen molar-refractivity contribution in [2.75, 3.05) is 0 Å². The summed E-state index contributed by atoms with van der Waals surface area (Å²) in [6.07, 6.45) is 4.96. The molecule has 0 amide bonds. The van der Waals surface area contributed by atoms with Gasteiger partial charge in [-0.1, -0.05) is 25.0 Å². The third kappa shape index (κ3) is 3.60. The molecule has 0 spiro atoms. The first-order valence-electron chi connectivity index (χ1n) is 6.12. The molecule has 0 aliphatic carbocycles. The monoisotopic (exact) mass is 256 g/mol. The molecule has 1 aromatic rings. The van der Waals surface area contributed by atoms with Crippen LogP contribution in [0.5, 0.6) is 0 Å². The van der Waals surface area contributed by atoms with Crippen molar-refractivity contribution in [3.8, 4) is 0 Å². The van der Waals surface area contributed by atoms with Crippen LogP contribution in [0.15, 0.2) is 24.3 Å². The number of aryl methyl sites for hydroxylation is 1. The molecular formula is C13H18ClFSi. The van der Waals surface area contributed by atoms with E-state index in [-0.39, 0.29) is 5.82 Å². The Bertz CT molecular complexity index is 317. The highest BCUT2D eigenvalue weighted by Gasteiger charge is 2.20. The summed E-state index contributed by atoms with van der Waals surface area (Å²) in [6.45, 7) is 0. The molecule has 1 aromatic carbocycles. The fourth-order valence-corrected chi connectivity index (χ4v) is 5.14. The Balaban J connectivity index is 1.77. The normalized spacial score (nSPS) is 25.6. The van der Waals surface area contributed by atoms with Gasteiger partial charge in [-0.2, -0.15) is 11.1 Å². The van der Waals surface area contributed by atoms with Gasteiger partial charge in [0, 0.05) is 0 Å². The SMILES string of the molecule is Fc1ccc(CCC2CC[SiH](Cl)CC2)cc1. The Kier molecular flexibility index (Phi) is 4.42. The van der Waals surface area contributed by atoms with E-state index >= 15 is 0 Å². The number of hydrogen-bond donors (Lipinski definition) is 0. The summed E-state index contributed by atoms with van der Waals surface area (Å²) in [5, 5.41) is 0. The Morgan fingerprint density at radius 3 is 2.44 bits per heavy atom. The third-order valence-corrected chi connectivity index (χ3v) is 6.76.